The van der Waals surface area contributed by atoms with Gasteiger partial charge >= 0.3 is 5.97 Å². The van der Waals surface area contributed by atoms with Gasteiger partial charge in [0.1, 0.15) is 17.3 Å². The van der Waals surface area contributed by atoms with Crippen molar-refractivity contribution in [3.05, 3.63) is 124 Å². The number of fused-ring (bicyclic) bond motifs is 3. The molecule has 0 aliphatic carbocycles. The molecule has 6 rings (SSSR count). The Balaban J connectivity index is 1.29. The maximum absolute atomic E-state index is 12.4. The molecule has 0 bridgehead atoms. The van der Waals surface area contributed by atoms with Crippen LogP contribution in [0.15, 0.2) is 99.9 Å². The van der Waals surface area contributed by atoms with Crippen molar-refractivity contribution < 1.29 is 18.7 Å². The van der Waals surface area contributed by atoms with Crippen LogP contribution in [0.5, 0.6) is 11.5 Å². The number of furan rings is 1. The molecular weight excluding hydrogens is 508 g/mol. The first kappa shape index (κ1) is 21.7. The van der Waals surface area contributed by atoms with E-state index in [0.717, 1.165) is 38.6 Å². The van der Waals surface area contributed by atoms with Gasteiger partial charge < -0.3 is 19.3 Å². The number of hydrogen-bond donors (Lipinski definition) is 1. The first-order valence-corrected chi connectivity index (χ1v) is 12.0. The monoisotopic (exact) mass is 528 g/mol. The van der Waals surface area contributed by atoms with Crippen molar-refractivity contribution in [1.82, 2.24) is 10.4 Å². The van der Waals surface area contributed by atoms with Crippen molar-refractivity contribution in [1.29, 1.82) is 0 Å². The Morgan fingerprint density at radius 3 is 2.54 bits per heavy atom. The molecule has 0 radical (unpaired) electrons. The molecule has 2 unspecified atom stereocenters. The number of nitrogens with zero attached hydrogens (tertiary/aromatic N) is 1. The number of ether oxygens (including phenoxy) is 2. The number of hydrazine groups is 1. The summed E-state index contributed by atoms with van der Waals surface area (Å²) in [6.07, 6.45) is 1.74. The topological polar surface area (TPSA) is 63.9 Å². The summed E-state index contributed by atoms with van der Waals surface area (Å²) in [6.45, 7) is 1.93. The van der Waals surface area contributed by atoms with Crippen molar-refractivity contribution in [3.63, 3.8) is 0 Å². The number of halogens is 1. The highest BCUT2D eigenvalue weighted by atomic mass is 79.9. The van der Waals surface area contributed by atoms with E-state index in [1.54, 1.807) is 24.3 Å². The fourth-order valence-electron chi connectivity index (χ4n) is 4.35. The highest BCUT2D eigenvalue weighted by Crippen LogP contribution is 2.46. The van der Waals surface area contributed by atoms with Gasteiger partial charge in [-0.05, 0) is 67.6 Å². The molecule has 2 aliphatic rings. The number of hydrogen-bond acceptors (Lipinski definition) is 6. The van der Waals surface area contributed by atoms with Crippen LogP contribution in [0.3, 0.4) is 0 Å². The molecular formula is C28H21BrN2O4. The fraction of sp³-hybridized carbons (Fsp3) is 0.107. The van der Waals surface area contributed by atoms with Crippen molar-refractivity contribution in [3.8, 4) is 11.5 Å². The van der Waals surface area contributed by atoms with Crippen LogP contribution in [0.4, 0.5) is 0 Å². The van der Waals surface area contributed by atoms with Crippen LogP contribution < -0.4 is 14.9 Å². The molecule has 2 aliphatic heterocycles. The van der Waals surface area contributed by atoms with E-state index in [-0.39, 0.29) is 6.04 Å². The SMILES string of the molecule is Cc1ccc(C2=CC3c4cc(Br)ccc4OC(c4ccc(OC(=O)c5ccccc5)cc4)N3N2)o1. The highest BCUT2D eigenvalue weighted by molar-refractivity contribution is 9.10. The van der Waals surface area contributed by atoms with E-state index in [4.69, 9.17) is 13.9 Å². The van der Waals surface area contributed by atoms with Crippen LogP contribution in [0.2, 0.25) is 0 Å². The standard InChI is InChI=1S/C28H21BrN2O4/c1-17-7-13-26(33-17)23-16-24-22-15-20(29)10-14-25(22)35-27(31(24)30-23)18-8-11-21(12-9-18)34-28(32)19-5-3-2-4-6-19/h2-16,24,27,30H,1H3. The Labute approximate surface area is 210 Å². The molecule has 3 heterocycles. The van der Waals surface area contributed by atoms with Crippen molar-refractivity contribution >= 4 is 27.6 Å². The van der Waals surface area contributed by atoms with E-state index in [2.05, 4.69) is 38.5 Å². The van der Waals surface area contributed by atoms with Crippen LogP contribution in [-0.2, 0) is 0 Å². The minimum atomic E-state index is -0.405. The second-order valence-electron chi connectivity index (χ2n) is 8.43. The highest BCUT2D eigenvalue weighted by Gasteiger charge is 2.40. The Bertz CT molecular complexity index is 1430. The summed E-state index contributed by atoms with van der Waals surface area (Å²) in [7, 11) is 0. The van der Waals surface area contributed by atoms with Crippen LogP contribution in [0, 0.1) is 6.92 Å². The van der Waals surface area contributed by atoms with Crippen LogP contribution in [0.1, 0.15) is 45.3 Å². The van der Waals surface area contributed by atoms with E-state index in [1.807, 2.05) is 61.5 Å². The van der Waals surface area contributed by atoms with Gasteiger partial charge in [-0.1, -0.05) is 46.3 Å². The molecule has 3 aromatic carbocycles. The molecule has 2 atom stereocenters. The minimum absolute atomic E-state index is 0.0581. The predicted octanol–water partition coefficient (Wildman–Crippen LogP) is 6.56. The van der Waals surface area contributed by atoms with Gasteiger partial charge in [-0.15, -0.1) is 0 Å². The summed E-state index contributed by atoms with van der Waals surface area (Å²) >= 11 is 3.58. The van der Waals surface area contributed by atoms with Gasteiger partial charge in [0.2, 0.25) is 0 Å². The van der Waals surface area contributed by atoms with Crippen LogP contribution >= 0.6 is 15.9 Å². The predicted molar refractivity (Wildman–Crippen MR) is 134 cm³/mol. The second kappa shape index (κ2) is 8.76. The first-order valence-electron chi connectivity index (χ1n) is 11.2. The van der Waals surface area contributed by atoms with Gasteiger partial charge in [0, 0.05) is 15.6 Å². The lowest BCUT2D eigenvalue weighted by atomic mass is 10.0. The lowest BCUT2D eigenvalue weighted by Gasteiger charge is -2.39. The minimum Gasteiger partial charge on any atom is -0.469 e. The molecule has 0 saturated carbocycles. The molecule has 1 N–H and O–H groups in total. The number of aryl methyl sites for hydroxylation is 1. The maximum Gasteiger partial charge on any atom is 0.343 e. The number of carbonyl (C=O) groups excluding carboxylic acids is 1. The Morgan fingerprint density at radius 1 is 1.00 bits per heavy atom. The molecule has 7 heteroatoms. The van der Waals surface area contributed by atoms with Crippen molar-refractivity contribution in [2.75, 3.05) is 0 Å². The zero-order valence-corrected chi connectivity index (χ0v) is 20.4. The number of benzene rings is 3. The Hall–Kier alpha value is -3.81. The quantitative estimate of drug-likeness (QED) is 0.239. The maximum atomic E-state index is 12.4. The number of carbonyl (C=O) groups is 1. The average molecular weight is 529 g/mol. The second-order valence-corrected chi connectivity index (χ2v) is 9.35. The van der Waals surface area contributed by atoms with Gasteiger partial charge in [0.15, 0.2) is 12.0 Å². The summed E-state index contributed by atoms with van der Waals surface area (Å²) in [4.78, 5) is 12.4. The zero-order valence-electron chi connectivity index (χ0n) is 18.8. The van der Waals surface area contributed by atoms with Crippen LogP contribution in [-0.4, -0.2) is 11.0 Å². The molecule has 174 valence electrons. The molecule has 0 saturated heterocycles. The zero-order chi connectivity index (χ0) is 23.9. The van der Waals surface area contributed by atoms with E-state index < -0.39 is 12.2 Å². The molecule has 6 nitrogen and oxygen atoms in total. The molecule has 35 heavy (non-hydrogen) atoms. The van der Waals surface area contributed by atoms with E-state index in [1.165, 1.54) is 0 Å². The lowest BCUT2D eigenvalue weighted by Crippen LogP contribution is -2.43. The molecule has 4 aromatic rings. The van der Waals surface area contributed by atoms with E-state index in [9.17, 15) is 4.79 Å². The number of nitrogens with one attached hydrogen (secondary N) is 1. The molecule has 1 aromatic heterocycles. The largest absolute Gasteiger partial charge is 0.469 e. The van der Waals surface area contributed by atoms with Gasteiger partial charge in [0.05, 0.1) is 17.3 Å². The summed E-state index contributed by atoms with van der Waals surface area (Å²) < 4.78 is 18.8. The lowest BCUT2D eigenvalue weighted by molar-refractivity contribution is -0.0328. The third-order valence-corrected chi connectivity index (χ3v) is 6.54. The third kappa shape index (κ3) is 4.13. The smallest absolute Gasteiger partial charge is 0.343 e. The molecule has 0 fully saturated rings. The average Bonchev–Trinajstić information content (AvgIpc) is 3.51. The summed E-state index contributed by atoms with van der Waals surface area (Å²) in [5.41, 5.74) is 6.84. The van der Waals surface area contributed by atoms with Gasteiger partial charge in [-0.3, -0.25) is 0 Å². The van der Waals surface area contributed by atoms with Crippen molar-refractivity contribution in [2.24, 2.45) is 0 Å². The van der Waals surface area contributed by atoms with Gasteiger partial charge in [0.25, 0.3) is 0 Å². The van der Waals surface area contributed by atoms with Gasteiger partial charge in [-0.25, -0.2) is 4.79 Å². The number of rotatable bonds is 4. The number of esters is 1. The summed E-state index contributed by atoms with van der Waals surface area (Å²) in [5, 5.41) is 2.06. The van der Waals surface area contributed by atoms with E-state index >= 15 is 0 Å². The first-order chi connectivity index (χ1) is 17.0. The fourth-order valence-corrected chi connectivity index (χ4v) is 4.73. The normalized spacial score (nSPS) is 18.6. The Morgan fingerprint density at radius 2 is 1.80 bits per heavy atom. The van der Waals surface area contributed by atoms with E-state index in [0.29, 0.717) is 11.3 Å². The Kier molecular flexibility index (Phi) is 5.43. The summed E-state index contributed by atoms with van der Waals surface area (Å²) in [5.74, 6) is 2.52. The summed E-state index contributed by atoms with van der Waals surface area (Å²) in [6, 6.07) is 26.2. The van der Waals surface area contributed by atoms with Crippen LogP contribution in [0.25, 0.3) is 5.70 Å². The van der Waals surface area contributed by atoms with Crippen molar-refractivity contribution in [2.45, 2.75) is 19.2 Å². The third-order valence-electron chi connectivity index (χ3n) is 6.05. The van der Waals surface area contributed by atoms with Gasteiger partial charge in [-0.2, -0.15) is 5.01 Å². The molecule has 0 spiro atoms. The molecule has 0 amide bonds.